The summed E-state index contributed by atoms with van der Waals surface area (Å²) >= 11 is 0. The molecule has 0 radical (unpaired) electrons. The predicted molar refractivity (Wildman–Crippen MR) is 41.7 cm³/mol. The third kappa shape index (κ3) is 2.82. The SMILES string of the molecule is CC.O=C1CC[C@H](CO)N1.[HH]. The maximum Gasteiger partial charge on any atom is 0.220 e. The smallest absolute Gasteiger partial charge is 0.220 e. The summed E-state index contributed by atoms with van der Waals surface area (Å²) in [5.41, 5.74) is 0. The molecule has 3 heteroatoms. The fourth-order valence-electron chi connectivity index (χ4n) is 0.814. The molecule has 3 nitrogen and oxygen atoms in total. The van der Waals surface area contributed by atoms with E-state index in [2.05, 4.69) is 5.32 Å². The molecule has 0 bridgehead atoms. The van der Waals surface area contributed by atoms with Crippen LogP contribution in [0, 0.1) is 0 Å². The Morgan fingerprint density at radius 2 is 2.40 bits per heavy atom. The van der Waals surface area contributed by atoms with E-state index < -0.39 is 0 Å². The highest BCUT2D eigenvalue weighted by Crippen LogP contribution is 2.04. The molecule has 62 valence electrons. The molecule has 10 heavy (non-hydrogen) atoms. The van der Waals surface area contributed by atoms with Crippen molar-refractivity contribution in [3.63, 3.8) is 0 Å². The molecule has 0 saturated carbocycles. The lowest BCUT2D eigenvalue weighted by Crippen LogP contribution is -2.28. The molecule has 1 atom stereocenters. The number of carbonyl (C=O) groups is 1. The van der Waals surface area contributed by atoms with Gasteiger partial charge in [0.05, 0.1) is 12.6 Å². The van der Waals surface area contributed by atoms with Gasteiger partial charge in [0.1, 0.15) is 0 Å². The van der Waals surface area contributed by atoms with Crippen LogP contribution in [0.3, 0.4) is 0 Å². The molecule has 1 saturated heterocycles. The molecular formula is C7H17NO2. The van der Waals surface area contributed by atoms with E-state index in [1.165, 1.54) is 0 Å². The Labute approximate surface area is 62.9 Å². The number of hydrogen-bond donors (Lipinski definition) is 2. The minimum atomic E-state index is 0. The van der Waals surface area contributed by atoms with Gasteiger partial charge in [0.15, 0.2) is 0 Å². The van der Waals surface area contributed by atoms with E-state index in [1.54, 1.807) is 0 Å². The number of carbonyl (C=O) groups excluding carboxylic acids is 1. The molecule has 0 aliphatic carbocycles. The Hall–Kier alpha value is -0.570. The minimum absolute atomic E-state index is 0. The maximum atomic E-state index is 10.4. The van der Waals surface area contributed by atoms with Crippen molar-refractivity contribution in [1.29, 1.82) is 0 Å². The zero-order valence-corrected chi connectivity index (χ0v) is 6.55. The highest BCUT2D eigenvalue weighted by Gasteiger charge is 2.18. The van der Waals surface area contributed by atoms with Crippen LogP contribution in [-0.2, 0) is 4.79 Å². The summed E-state index contributed by atoms with van der Waals surface area (Å²) < 4.78 is 0. The third-order valence-corrected chi connectivity index (χ3v) is 1.31. The van der Waals surface area contributed by atoms with Crippen molar-refractivity contribution in [2.75, 3.05) is 6.61 Å². The fourth-order valence-corrected chi connectivity index (χ4v) is 0.814. The first-order valence-corrected chi connectivity index (χ1v) is 3.73. The van der Waals surface area contributed by atoms with Crippen LogP contribution < -0.4 is 5.32 Å². The summed E-state index contributed by atoms with van der Waals surface area (Å²) in [7, 11) is 0. The Morgan fingerprint density at radius 1 is 1.80 bits per heavy atom. The van der Waals surface area contributed by atoms with Crippen LogP contribution >= 0.6 is 0 Å². The van der Waals surface area contributed by atoms with Crippen molar-refractivity contribution in [1.82, 2.24) is 5.32 Å². The third-order valence-electron chi connectivity index (χ3n) is 1.31. The number of aliphatic hydroxyl groups excluding tert-OH is 1. The summed E-state index contributed by atoms with van der Waals surface area (Å²) in [6, 6.07) is 0.0301. The Morgan fingerprint density at radius 3 is 2.60 bits per heavy atom. The highest BCUT2D eigenvalue weighted by molar-refractivity contribution is 5.78. The molecule has 0 spiro atoms. The summed E-state index contributed by atoms with van der Waals surface area (Å²) in [5.74, 6) is 0.0593. The summed E-state index contributed by atoms with van der Waals surface area (Å²) in [6.07, 6.45) is 1.36. The van der Waals surface area contributed by atoms with Gasteiger partial charge in [0, 0.05) is 7.85 Å². The predicted octanol–water partition coefficient (Wildman–Crippen LogP) is 0.529. The Balaban J connectivity index is 0. The maximum absolute atomic E-state index is 10.4. The molecule has 1 aliphatic heterocycles. The van der Waals surface area contributed by atoms with Crippen LogP contribution in [0.5, 0.6) is 0 Å². The zero-order valence-electron chi connectivity index (χ0n) is 6.55. The van der Waals surface area contributed by atoms with E-state index in [4.69, 9.17) is 5.11 Å². The largest absolute Gasteiger partial charge is 0.394 e. The van der Waals surface area contributed by atoms with E-state index >= 15 is 0 Å². The molecule has 1 amide bonds. The summed E-state index contributed by atoms with van der Waals surface area (Å²) in [6.45, 7) is 4.08. The molecule has 0 aromatic rings. The lowest BCUT2D eigenvalue weighted by Gasteiger charge is -2.01. The number of amides is 1. The quantitative estimate of drug-likeness (QED) is 0.568. The van der Waals surface area contributed by atoms with Gasteiger partial charge >= 0.3 is 0 Å². The van der Waals surface area contributed by atoms with Crippen molar-refractivity contribution in [2.24, 2.45) is 0 Å². The van der Waals surface area contributed by atoms with Gasteiger partial charge in [-0.15, -0.1) is 0 Å². The molecule has 0 aromatic heterocycles. The van der Waals surface area contributed by atoms with Crippen molar-refractivity contribution in [3.8, 4) is 0 Å². The van der Waals surface area contributed by atoms with Gasteiger partial charge in [0.25, 0.3) is 0 Å². The van der Waals surface area contributed by atoms with Crippen molar-refractivity contribution in [3.05, 3.63) is 0 Å². The molecule has 1 aliphatic rings. The van der Waals surface area contributed by atoms with Crippen LogP contribution in [0.2, 0.25) is 0 Å². The van der Waals surface area contributed by atoms with Crippen LogP contribution in [0.1, 0.15) is 28.1 Å². The van der Waals surface area contributed by atoms with E-state index in [0.717, 1.165) is 6.42 Å². The normalized spacial score (nSPS) is 23.1. The second-order valence-electron chi connectivity index (χ2n) is 1.99. The Bertz CT molecular complexity index is 109. The Kier molecular flexibility index (Phi) is 4.94. The molecule has 1 heterocycles. The van der Waals surface area contributed by atoms with Gasteiger partial charge in [-0.3, -0.25) is 4.79 Å². The molecule has 0 unspecified atom stereocenters. The first-order chi connectivity index (χ1) is 4.83. The topological polar surface area (TPSA) is 49.3 Å². The van der Waals surface area contributed by atoms with Gasteiger partial charge in [-0.05, 0) is 6.42 Å². The second kappa shape index (κ2) is 5.23. The van der Waals surface area contributed by atoms with Gasteiger partial charge in [0.2, 0.25) is 5.91 Å². The van der Waals surface area contributed by atoms with Gasteiger partial charge in [-0.1, -0.05) is 13.8 Å². The first-order valence-electron chi connectivity index (χ1n) is 3.73. The highest BCUT2D eigenvalue weighted by atomic mass is 16.3. The van der Waals surface area contributed by atoms with Crippen LogP contribution in [0.4, 0.5) is 0 Å². The zero-order chi connectivity index (χ0) is 7.98. The first kappa shape index (κ1) is 9.43. The molecule has 1 fully saturated rings. The summed E-state index contributed by atoms with van der Waals surface area (Å²) in [5, 5.41) is 11.1. The van der Waals surface area contributed by atoms with E-state index in [9.17, 15) is 4.79 Å². The van der Waals surface area contributed by atoms with E-state index in [0.29, 0.717) is 6.42 Å². The molecule has 1 rings (SSSR count). The van der Waals surface area contributed by atoms with Gasteiger partial charge < -0.3 is 10.4 Å². The van der Waals surface area contributed by atoms with E-state index in [1.807, 2.05) is 13.8 Å². The second-order valence-corrected chi connectivity index (χ2v) is 1.99. The standard InChI is InChI=1S/C5H9NO2.C2H6.H2/c7-3-4-1-2-5(8)6-4;1-2;/h4,7H,1-3H2,(H,6,8);1-2H3;1H/t4-;;/m1../s1. The van der Waals surface area contributed by atoms with Crippen LogP contribution in [0.15, 0.2) is 0 Å². The lowest BCUT2D eigenvalue weighted by molar-refractivity contribution is -0.119. The monoisotopic (exact) mass is 147 g/mol. The average Bonchev–Trinajstić information content (AvgIpc) is 2.40. The lowest BCUT2D eigenvalue weighted by atomic mass is 10.2. The summed E-state index contributed by atoms with van der Waals surface area (Å²) in [4.78, 5) is 10.4. The fraction of sp³-hybridized carbons (Fsp3) is 0.857. The number of nitrogens with one attached hydrogen (secondary N) is 1. The molecule has 2 N–H and O–H groups in total. The van der Waals surface area contributed by atoms with Crippen LogP contribution in [0.25, 0.3) is 0 Å². The molecular weight excluding hydrogens is 130 g/mol. The van der Waals surface area contributed by atoms with Crippen LogP contribution in [-0.4, -0.2) is 23.7 Å². The van der Waals surface area contributed by atoms with Gasteiger partial charge in [-0.2, -0.15) is 0 Å². The van der Waals surface area contributed by atoms with Crippen molar-refractivity contribution in [2.45, 2.75) is 32.7 Å². The minimum Gasteiger partial charge on any atom is -0.394 e. The molecule has 0 aromatic carbocycles. The number of rotatable bonds is 1. The van der Waals surface area contributed by atoms with Gasteiger partial charge in [-0.25, -0.2) is 0 Å². The van der Waals surface area contributed by atoms with E-state index in [-0.39, 0.29) is 20.0 Å². The number of hydrogen-bond acceptors (Lipinski definition) is 2. The van der Waals surface area contributed by atoms with Crippen molar-refractivity contribution >= 4 is 5.91 Å². The van der Waals surface area contributed by atoms with Crippen molar-refractivity contribution < 1.29 is 11.3 Å². The number of aliphatic hydroxyl groups is 1. The average molecular weight is 147 g/mol.